The zero-order valence-electron chi connectivity index (χ0n) is 15.3. The summed E-state index contributed by atoms with van der Waals surface area (Å²) >= 11 is 0. The van der Waals surface area contributed by atoms with Crippen molar-refractivity contribution < 1.29 is 14.3 Å². The number of ketones is 1. The standard InChI is InChI=1S/C24H22O3/c1-26-22-9-3-17(4-10-22)5-13-24(25)19-7-11-23(12-8-19)27-16-21-15-18-2-6-20(21)14-18/h2-14,20-21H,15-16H2,1H3/b13-5+. The average molecular weight is 358 g/mol. The van der Waals surface area contributed by atoms with E-state index >= 15 is 0 Å². The highest BCUT2D eigenvalue weighted by Gasteiger charge is 2.29. The molecule has 2 aliphatic carbocycles. The average Bonchev–Trinajstić information content (AvgIpc) is 3.34. The van der Waals surface area contributed by atoms with Gasteiger partial charge in [-0.15, -0.1) is 0 Å². The number of methoxy groups -OCH3 is 1. The van der Waals surface area contributed by atoms with Crippen molar-refractivity contribution in [3.05, 3.63) is 89.5 Å². The molecule has 2 aliphatic rings. The molecule has 2 aromatic rings. The molecule has 0 aromatic heterocycles. The quantitative estimate of drug-likeness (QED) is 0.510. The lowest BCUT2D eigenvalue weighted by Gasteiger charge is -2.19. The lowest BCUT2D eigenvalue weighted by Crippen LogP contribution is -2.17. The summed E-state index contributed by atoms with van der Waals surface area (Å²) in [5.74, 6) is 2.65. The highest BCUT2D eigenvalue weighted by Crippen LogP contribution is 2.37. The fourth-order valence-corrected chi connectivity index (χ4v) is 3.53. The molecule has 0 radical (unpaired) electrons. The summed E-state index contributed by atoms with van der Waals surface area (Å²) in [6.07, 6.45) is 11.3. The number of carbonyl (C=O) groups excluding carboxylic acids is 1. The fraction of sp³-hybridized carbons (Fsp3) is 0.208. The Morgan fingerprint density at radius 1 is 1.07 bits per heavy atom. The molecule has 0 saturated heterocycles. The summed E-state index contributed by atoms with van der Waals surface area (Å²) in [6, 6.07) is 15.0. The van der Waals surface area contributed by atoms with Crippen molar-refractivity contribution in [2.24, 2.45) is 11.8 Å². The molecule has 0 spiro atoms. The van der Waals surface area contributed by atoms with Crippen LogP contribution < -0.4 is 9.47 Å². The van der Waals surface area contributed by atoms with Gasteiger partial charge < -0.3 is 9.47 Å². The Balaban J connectivity index is 1.31. The summed E-state index contributed by atoms with van der Waals surface area (Å²) in [4.78, 5) is 12.3. The van der Waals surface area contributed by atoms with E-state index in [0.717, 1.165) is 23.5 Å². The summed E-state index contributed by atoms with van der Waals surface area (Å²) in [5.41, 5.74) is 3.04. The molecular weight excluding hydrogens is 336 g/mol. The van der Waals surface area contributed by atoms with Crippen molar-refractivity contribution in [3.63, 3.8) is 0 Å². The van der Waals surface area contributed by atoms with Crippen molar-refractivity contribution in [3.8, 4) is 11.5 Å². The van der Waals surface area contributed by atoms with Crippen LogP contribution in [0.2, 0.25) is 0 Å². The number of fused-ring (bicyclic) bond motifs is 1. The summed E-state index contributed by atoms with van der Waals surface area (Å²) in [7, 11) is 1.63. The lowest BCUT2D eigenvalue weighted by molar-refractivity contribution is 0.104. The van der Waals surface area contributed by atoms with Gasteiger partial charge in [0.1, 0.15) is 11.5 Å². The van der Waals surface area contributed by atoms with E-state index in [-0.39, 0.29) is 5.78 Å². The van der Waals surface area contributed by atoms with Gasteiger partial charge in [-0.2, -0.15) is 0 Å². The maximum absolute atomic E-state index is 12.3. The van der Waals surface area contributed by atoms with E-state index in [0.29, 0.717) is 24.0 Å². The molecule has 0 amide bonds. The van der Waals surface area contributed by atoms with E-state index < -0.39 is 0 Å². The normalized spacial score (nSPS) is 20.1. The Bertz CT molecular complexity index is 902. The number of hydrogen-bond donors (Lipinski definition) is 0. The Hall–Kier alpha value is -3.07. The van der Waals surface area contributed by atoms with Crippen molar-refractivity contribution >= 4 is 11.9 Å². The van der Waals surface area contributed by atoms with Crippen LogP contribution in [-0.2, 0) is 0 Å². The van der Waals surface area contributed by atoms with Crippen LogP contribution >= 0.6 is 0 Å². The molecule has 0 aliphatic heterocycles. The van der Waals surface area contributed by atoms with Crippen LogP contribution in [0.25, 0.3) is 6.08 Å². The van der Waals surface area contributed by atoms with E-state index in [4.69, 9.17) is 9.47 Å². The van der Waals surface area contributed by atoms with Gasteiger partial charge in [0.15, 0.2) is 5.78 Å². The van der Waals surface area contributed by atoms with Crippen molar-refractivity contribution in [1.29, 1.82) is 0 Å². The number of benzene rings is 2. The Morgan fingerprint density at radius 3 is 2.44 bits per heavy atom. The number of rotatable bonds is 7. The molecule has 0 saturated carbocycles. The second kappa shape index (κ2) is 7.67. The van der Waals surface area contributed by atoms with E-state index in [1.165, 1.54) is 5.57 Å². The molecule has 4 rings (SSSR count). The third-order valence-corrected chi connectivity index (χ3v) is 5.13. The SMILES string of the molecule is COc1ccc(/C=C/C(=O)c2ccc(OCC3CC4=CC3C=C4)cc2)cc1. The summed E-state index contributed by atoms with van der Waals surface area (Å²) in [6.45, 7) is 0.708. The van der Waals surface area contributed by atoms with E-state index in [9.17, 15) is 4.79 Å². The molecule has 2 bridgehead atoms. The molecule has 0 fully saturated rings. The molecule has 136 valence electrons. The van der Waals surface area contributed by atoms with Gasteiger partial charge in [0.05, 0.1) is 13.7 Å². The summed E-state index contributed by atoms with van der Waals surface area (Å²) in [5, 5.41) is 0. The van der Waals surface area contributed by atoms with Crippen LogP contribution in [0.5, 0.6) is 11.5 Å². The van der Waals surface area contributed by atoms with Crippen LogP contribution in [-0.4, -0.2) is 19.5 Å². The predicted octanol–water partition coefficient (Wildman–Crippen LogP) is 5.10. The first-order valence-electron chi connectivity index (χ1n) is 9.19. The van der Waals surface area contributed by atoms with Gasteiger partial charge >= 0.3 is 0 Å². The van der Waals surface area contributed by atoms with Crippen LogP contribution in [0.4, 0.5) is 0 Å². The lowest BCUT2D eigenvalue weighted by atomic mass is 9.93. The first-order chi connectivity index (χ1) is 13.2. The Kier molecular flexibility index (Phi) is 4.93. The second-order valence-corrected chi connectivity index (χ2v) is 6.95. The second-order valence-electron chi connectivity index (χ2n) is 6.95. The molecule has 0 heterocycles. The maximum atomic E-state index is 12.3. The first kappa shape index (κ1) is 17.3. The number of hydrogen-bond acceptors (Lipinski definition) is 3. The highest BCUT2D eigenvalue weighted by atomic mass is 16.5. The molecule has 2 atom stereocenters. The zero-order valence-corrected chi connectivity index (χ0v) is 15.3. The third-order valence-electron chi connectivity index (χ3n) is 5.13. The fourth-order valence-electron chi connectivity index (χ4n) is 3.53. The Morgan fingerprint density at radius 2 is 1.81 bits per heavy atom. The molecular formula is C24H22O3. The number of carbonyl (C=O) groups is 1. The van der Waals surface area contributed by atoms with Crippen LogP contribution in [0, 0.1) is 11.8 Å². The van der Waals surface area contributed by atoms with E-state index in [2.05, 4.69) is 18.2 Å². The monoisotopic (exact) mass is 358 g/mol. The molecule has 2 unspecified atom stereocenters. The maximum Gasteiger partial charge on any atom is 0.185 e. The molecule has 27 heavy (non-hydrogen) atoms. The van der Waals surface area contributed by atoms with Gasteiger partial charge in [-0.3, -0.25) is 4.79 Å². The molecule has 3 nitrogen and oxygen atoms in total. The molecule has 0 N–H and O–H groups in total. The topological polar surface area (TPSA) is 35.5 Å². The first-order valence-corrected chi connectivity index (χ1v) is 9.19. The van der Waals surface area contributed by atoms with Gasteiger partial charge in [-0.05, 0) is 54.5 Å². The van der Waals surface area contributed by atoms with E-state index in [1.807, 2.05) is 54.6 Å². The van der Waals surface area contributed by atoms with Crippen molar-refractivity contribution in [2.45, 2.75) is 6.42 Å². The minimum Gasteiger partial charge on any atom is -0.497 e. The van der Waals surface area contributed by atoms with Crippen molar-refractivity contribution in [2.75, 3.05) is 13.7 Å². The minimum absolute atomic E-state index is 0.0263. The smallest absolute Gasteiger partial charge is 0.185 e. The van der Waals surface area contributed by atoms with Gasteiger partial charge in [0.25, 0.3) is 0 Å². The van der Waals surface area contributed by atoms with Gasteiger partial charge in [-0.25, -0.2) is 0 Å². The van der Waals surface area contributed by atoms with Gasteiger partial charge in [0, 0.05) is 17.4 Å². The van der Waals surface area contributed by atoms with Crippen molar-refractivity contribution in [1.82, 2.24) is 0 Å². The largest absolute Gasteiger partial charge is 0.497 e. The molecule has 3 heteroatoms. The summed E-state index contributed by atoms with van der Waals surface area (Å²) < 4.78 is 11.1. The van der Waals surface area contributed by atoms with Crippen LogP contribution in [0.1, 0.15) is 22.3 Å². The van der Waals surface area contributed by atoms with Gasteiger partial charge in [0.2, 0.25) is 0 Å². The highest BCUT2D eigenvalue weighted by molar-refractivity contribution is 6.06. The molecule has 2 aromatic carbocycles. The zero-order chi connectivity index (χ0) is 18.6. The Labute approximate surface area is 159 Å². The predicted molar refractivity (Wildman–Crippen MR) is 107 cm³/mol. The number of ether oxygens (including phenoxy) is 2. The third kappa shape index (κ3) is 4.03. The van der Waals surface area contributed by atoms with Crippen LogP contribution in [0.3, 0.4) is 0 Å². The number of allylic oxidation sites excluding steroid dienone is 5. The minimum atomic E-state index is -0.0263. The van der Waals surface area contributed by atoms with E-state index in [1.54, 1.807) is 13.2 Å². The van der Waals surface area contributed by atoms with Crippen LogP contribution in [0.15, 0.2) is 78.4 Å². The van der Waals surface area contributed by atoms with Gasteiger partial charge in [-0.1, -0.05) is 42.0 Å².